The van der Waals surface area contributed by atoms with Gasteiger partial charge in [-0.2, -0.15) is 0 Å². The van der Waals surface area contributed by atoms with E-state index in [-0.39, 0.29) is 5.56 Å². The molecule has 6 heteroatoms. The van der Waals surface area contributed by atoms with Crippen LogP contribution in [0.4, 0.5) is 0 Å². The summed E-state index contributed by atoms with van der Waals surface area (Å²) in [6.07, 6.45) is 3.72. The minimum Gasteiger partial charge on any atom is -0.493 e. The minimum atomic E-state index is -0.194. The van der Waals surface area contributed by atoms with Gasteiger partial charge in [0, 0.05) is 23.4 Å². The van der Waals surface area contributed by atoms with E-state index in [1.54, 1.807) is 37.6 Å². The molecule has 0 N–H and O–H groups in total. The van der Waals surface area contributed by atoms with Gasteiger partial charge in [0.05, 0.1) is 19.4 Å². The summed E-state index contributed by atoms with van der Waals surface area (Å²) in [4.78, 5) is 12.6. The van der Waals surface area contributed by atoms with Crippen molar-refractivity contribution in [1.82, 2.24) is 4.57 Å². The predicted octanol–water partition coefficient (Wildman–Crippen LogP) is 5.26. The van der Waals surface area contributed by atoms with Gasteiger partial charge in [-0.15, -0.1) is 0 Å². The maximum atomic E-state index is 12.6. The topological polar surface area (TPSA) is 49.7 Å². The van der Waals surface area contributed by atoms with Crippen LogP contribution in [-0.4, -0.2) is 18.3 Å². The van der Waals surface area contributed by atoms with Crippen molar-refractivity contribution in [3.8, 4) is 22.9 Å². The molecular formula is C23H24ClNO4. The molecule has 0 fully saturated rings. The number of pyridine rings is 1. The highest BCUT2D eigenvalue weighted by Gasteiger charge is 2.09. The monoisotopic (exact) mass is 413 g/mol. The zero-order valence-electron chi connectivity index (χ0n) is 16.6. The molecule has 152 valence electrons. The average Bonchev–Trinajstić information content (AvgIpc) is 2.74. The van der Waals surface area contributed by atoms with Gasteiger partial charge in [-0.1, -0.05) is 37.1 Å². The molecule has 0 aliphatic carbocycles. The first kappa shape index (κ1) is 20.8. The second kappa shape index (κ2) is 10.0. The molecule has 0 saturated carbocycles. The van der Waals surface area contributed by atoms with Crippen molar-refractivity contribution in [3.63, 3.8) is 0 Å². The van der Waals surface area contributed by atoms with E-state index in [0.717, 1.165) is 18.4 Å². The van der Waals surface area contributed by atoms with Gasteiger partial charge in [-0.25, -0.2) is 0 Å². The van der Waals surface area contributed by atoms with E-state index >= 15 is 0 Å². The molecule has 1 aromatic heterocycles. The van der Waals surface area contributed by atoms with Gasteiger partial charge < -0.3 is 14.2 Å². The SMILES string of the molecule is CCCCOc1ccc(-n2ccc(OCc3ccc(Cl)cc3)cc2=O)cc1OC. The van der Waals surface area contributed by atoms with Gasteiger partial charge in [0.2, 0.25) is 0 Å². The molecule has 3 aromatic rings. The molecule has 0 saturated heterocycles. The van der Waals surface area contributed by atoms with Crippen LogP contribution in [0.2, 0.25) is 5.02 Å². The summed E-state index contributed by atoms with van der Waals surface area (Å²) < 4.78 is 18.4. The van der Waals surface area contributed by atoms with Crippen molar-refractivity contribution < 1.29 is 14.2 Å². The molecule has 0 radical (unpaired) electrons. The van der Waals surface area contributed by atoms with Crippen LogP contribution in [0.1, 0.15) is 25.3 Å². The Morgan fingerprint density at radius 2 is 1.76 bits per heavy atom. The Morgan fingerprint density at radius 1 is 0.966 bits per heavy atom. The fourth-order valence-electron chi connectivity index (χ4n) is 2.76. The van der Waals surface area contributed by atoms with E-state index in [0.29, 0.717) is 41.2 Å². The molecule has 0 spiro atoms. The van der Waals surface area contributed by atoms with E-state index in [4.69, 9.17) is 25.8 Å². The summed E-state index contributed by atoms with van der Waals surface area (Å²) in [5.41, 5.74) is 1.47. The Morgan fingerprint density at radius 3 is 2.45 bits per heavy atom. The Kier molecular flexibility index (Phi) is 7.19. The van der Waals surface area contributed by atoms with Crippen LogP contribution in [0.15, 0.2) is 65.6 Å². The molecule has 5 nitrogen and oxygen atoms in total. The van der Waals surface area contributed by atoms with Crippen LogP contribution in [0.3, 0.4) is 0 Å². The molecule has 0 unspecified atom stereocenters. The Bertz CT molecular complexity index is 999. The highest BCUT2D eigenvalue weighted by Crippen LogP contribution is 2.29. The van der Waals surface area contributed by atoms with Gasteiger partial charge in [0.15, 0.2) is 11.5 Å². The van der Waals surface area contributed by atoms with Crippen LogP contribution in [0.5, 0.6) is 17.2 Å². The molecule has 0 atom stereocenters. The molecule has 0 bridgehead atoms. The third kappa shape index (κ3) is 5.55. The number of benzene rings is 2. The molecular weight excluding hydrogens is 390 g/mol. The largest absolute Gasteiger partial charge is 0.493 e. The Labute approximate surface area is 175 Å². The predicted molar refractivity (Wildman–Crippen MR) is 115 cm³/mol. The lowest BCUT2D eigenvalue weighted by atomic mass is 10.2. The van der Waals surface area contributed by atoms with Crippen LogP contribution >= 0.6 is 11.6 Å². The zero-order valence-corrected chi connectivity index (χ0v) is 17.3. The number of halogens is 1. The summed E-state index contributed by atoms with van der Waals surface area (Å²) in [6, 6.07) is 16.1. The first-order chi connectivity index (χ1) is 14.1. The highest BCUT2D eigenvalue weighted by atomic mass is 35.5. The van der Waals surface area contributed by atoms with Gasteiger partial charge in [0.1, 0.15) is 12.4 Å². The third-order valence-electron chi connectivity index (χ3n) is 4.39. The number of hydrogen-bond donors (Lipinski definition) is 0. The molecule has 0 aliphatic rings. The lowest BCUT2D eigenvalue weighted by Gasteiger charge is -2.13. The number of aromatic nitrogens is 1. The molecule has 2 aromatic carbocycles. The maximum Gasteiger partial charge on any atom is 0.258 e. The molecule has 0 amide bonds. The normalized spacial score (nSPS) is 10.6. The van der Waals surface area contributed by atoms with E-state index in [1.165, 1.54) is 10.6 Å². The Balaban J connectivity index is 1.73. The van der Waals surface area contributed by atoms with E-state index in [9.17, 15) is 4.79 Å². The summed E-state index contributed by atoms with van der Waals surface area (Å²) in [5.74, 6) is 1.77. The van der Waals surface area contributed by atoms with Crippen LogP contribution in [-0.2, 0) is 6.61 Å². The first-order valence-corrected chi connectivity index (χ1v) is 9.89. The van der Waals surface area contributed by atoms with Crippen molar-refractivity contribution in [1.29, 1.82) is 0 Å². The minimum absolute atomic E-state index is 0.194. The van der Waals surface area contributed by atoms with Crippen molar-refractivity contribution in [3.05, 3.63) is 81.7 Å². The lowest BCUT2D eigenvalue weighted by Crippen LogP contribution is -2.17. The molecule has 3 rings (SSSR count). The number of methoxy groups -OCH3 is 1. The van der Waals surface area contributed by atoms with E-state index in [1.807, 2.05) is 24.3 Å². The van der Waals surface area contributed by atoms with Gasteiger partial charge >= 0.3 is 0 Å². The fraction of sp³-hybridized carbons (Fsp3) is 0.261. The number of unbranched alkanes of at least 4 members (excludes halogenated alkanes) is 1. The summed E-state index contributed by atoms with van der Waals surface area (Å²) in [6.45, 7) is 3.10. The fourth-order valence-corrected chi connectivity index (χ4v) is 2.89. The first-order valence-electron chi connectivity index (χ1n) is 9.52. The van der Waals surface area contributed by atoms with Crippen LogP contribution < -0.4 is 19.8 Å². The van der Waals surface area contributed by atoms with Crippen LogP contribution in [0, 0.1) is 0 Å². The standard InChI is InChI=1S/C23H24ClNO4/c1-3-4-13-28-21-10-9-19(14-22(21)27-2)25-12-11-20(15-23(25)26)29-16-17-5-7-18(24)8-6-17/h5-12,14-15H,3-4,13,16H2,1-2H3. The quantitative estimate of drug-likeness (QED) is 0.449. The molecule has 0 aliphatic heterocycles. The van der Waals surface area contributed by atoms with Crippen molar-refractivity contribution in [2.45, 2.75) is 26.4 Å². The van der Waals surface area contributed by atoms with Crippen LogP contribution in [0.25, 0.3) is 5.69 Å². The van der Waals surface area contributed by atoms with Gasteiger partial charge in [-0.05, 0) is 42.3 Å². The van der Waals surface area contributed by atoms with Gasteiger partial charge in [0.25, 0.3) is 5.56 Å². The molecule has 29 heavy (non-hydrogen) atoms. The number of hydrogen-bond acceptors (Lipinski definition) is 4. The maximum absolute atomic E-state index is 12.6. The number of rotatable bonds is 9. The second-order valence-electron chi connectivity index (χ2n) is 6.52. The summed E-state index contributed by atoms with van der Waals surface area (Å²) >= 11 is 5.89. The Hall–Kier alpha value is -2.92. The zero-order chi connectivity index (χ0) is 20.6. The van der Waals surface area contributed by atoms with Gasteiger partial charge in [-0.3, -0.25) is 9.36 Å². The lowest BCUT2D eigenvalue weighted by molar-refractivity contribution is 0.288. The number of ether oxygens (including phenoxy) is 3. The van der Waals surface area contributed by atoms with E-state index < -0.39 is 0 Å². The number of nitrogens with zero attached hydrogens (tertiary/aromatic N) is 1. The van der Waals surface area contributed by atoms with Crippen molar-refractivity contribution in [2.75, 3.05) is 13.7 Å². The average molecular weight is 414 g/mol. The van der Waals surface area contributed by atoms with E-state index in [2.05, 4.69) is 6.92 Å². The smallest absolute Gasteiger partial charge is 0.258 e. The van der Waals surface area contributed by atoms with Crippen molar-refractivity contribution in [2.24, 2.45) is 0 Å². The second-order valence-corrected chi connectivity index (χ2v) is 6.96. The third-order valence-corrected chi connectivity index (χ3v) is 4.64. The highest BCUT2D eigenvalue weighted by molar-refractivity contribution is 6.30. The molecule has 1 heterocycles. The summed E-state index contributed by atoms with van der Waals surface area (Å²) in [7, 11) is 1.59. The summed E-state index contributed by atoms with van der Waals surface area (Å²) in [5, 5.41) is 0.675. The van der Waals surface area contributed by atoms with Crippen molar-refractivity contribution >= 4 is 11.6 Å².